The van der Waals surface area contributed by atoms with Crippen LogP contribution in [0.1, 0.15) is 67.1 Å². The maximum absolute atomic E-state index is 13.3. The van der Waals surface area contributed by atoms with Crippen molar-refractivity contribution in [3.63, 3.8) is 0 Å². The fourth-order valence-electron chi connectivity index (χ4n) is 6.26. The number of amides is 1. The van der Waals surface area contributed by atoms with Gasteiger partial charge in [0.2, 0.25) is 0 Å². The number of aromatic amines is 1. The lowest BCUT2D eigenvalue weighted by atomic mass is 9.92. The van der Waals surface area contributed by atoms with Crippen LogP contribution in [0.2, 0.25) is 0 Å². The number of aryl methyl sites for hydroxylation is 1. The molecule has 1 aromatic carbocycles. The maximum Gasteiger partial charge on any atom is 0.401 e. The largest absolute Gasteiger partial charge is 0.401 e. The first-order valence-electron chi connectivity index (χ1n) is 15.9. The summed E-state index contributed by atoms with van der Waals surface area (Å²) in [4.78, 5) is 19.4. The van der Waals surface area contributed by atoms with Crippen molar-refractivity contribution in [3.8, 4) is 16.8 Å². The molecule has 0 saturated carbocycles. The van der Waals surface area contributed by atoms with Gasteiger partial charge in [0.15, 0.2) is 5.82 Å². The molecular weight excluding hydrogens is 597 g/mol. The van der Waals surface area contributed by atoms with E-state index in [0.717, 1.165) is 61.9 Å². The van der Waals surface area contributed by atoms with E-state index in [1.807, 2.05) is 25.3 Å². The molecule has 2 fully saturated rings. The molecule has 3 N–H and O–H groups in total. The molecule has 2 aliphatic rings. The summed E-state index contributed by atoms with van der Waals surface area (Å²) in [5, 5.41) is 21.3. The van der Waals surface area contributed by atoms with Crippen molar-refractivity contribution >= 4 is 5.91 Å². The topological polar surface area (TPSA) is 122 Å². The number of piperidine rings is 2. The number of halogens is 3. The molecule has 0 unspecified atom stereocenters. The van der Waals surface area contributed by atoms with Gasteiger partial charge in [0.1, 0.15) is 11.2 Å². The van der Waals surface area contributed by atoms with Crippen molar-refractivity contribution in [2.45, 2.75) is 77.2 Å². The summed E-state index contributed by atoms with van der Waals surface area (Å²) in [5.41, 5.74) is 2.00. The van der Waals surface area contributed by atoms with Crippen LogP contribution in [0.15, 0.2) is 43.0 Å². The second kappa shape index (κ2) is 13.0. The Morgan fingerprint density at radius 2 is 1.78 bits per heavy atom. The zero-order valence-electron chi connectivity index (χ0n) is 26.4. The minimum absolute atomic E-state index is 0.107. The molecule has 246 valence electrons. The summed E-state index contributed by atoms with van der Waals surface area (Å²) < 4.78 is 43.6. The molecule has 3 aromatic heterocycles. The Bertz CT molecular complexity index is 1640. The molecule has 46 heavy (non-hydrogen) atoms. The average Bonchev–Trinajstić information content (AvgIpc) is 3.82. The van der Waals surface area contributed by atoms with Crippen LogP contribution >= 0.6 is 0 Å². The third kappa shape index (κ3) is 6.87. The summed E-state index contributed by atoms with van der Waals surface area (Å²) in [7, 11) is 0. The van der Waals surface area contributed by atoms with Gasteiger partial charge in [-0.3, -0.25) is 14.6 Å². The summed E-state index contributed by atoms with van der Waals surface area (Å²) in [6, 6.07) is 6.80. The van der Waals surface area contributed by atoms with E-state index < -0.39 is 17.5 Å². The zero-order chi connectivity index (χ0) is 32.5. The van der Waals surface area contributed by atoms with Gasteiger partial charge in [0, 0.05) is 30.5 Å². The molecule has 0 aliphatic carbocycles. The molecule has 5 heterocycles. The number of hydrogen-bond donors (Lipinski definition) is 3. The number of carbonyl (C=O) groups is 1. The monoisotopic (exact) mass is 638 g/mol. The smallest absolute Gasteiger partial charge is 0.345 e. The van der Waals surface area contributed by atoms with Crippen LogP contribution in [0.25, 0.3) is 16.8 Å². The molecule has 2 saturated heterocycles. The highest BCUT2D eigenvalue weighted by atomic mass is 19.4. The number of hydrogen-bond acceptors (Lipinski definition) is 7. The second-order valence-electron chi connectivity index (χ2n) is 13.0. The Balaban J connectivity index is 1.03. The Kier molecular flexibility index (Phi) is 9.01. The number of nitrogens with one attached hydrogen (secondary N) is 3. The summed E-state index contributed by atoms with van der Waals surface area (Å²) in [6.45, 7) is 9.44. The first kappa shape index (κ1) is 31.9. The molecule has 0 radical (unpaired) electrons. The van der Waals surface area contributed by atoms with E-state index in [2.05, 4.69) is 57.9 Å². The number of H-pyrrole nitrogens is 1. The van der Waals surface area contributed by atoms with E-state index in [1.165, 1.54) is 45.0 Å². The zero-order valence-corrected chi connectivity index (χ0v) is 26.4. The normalized spacial score (nSPS) is 17.4. The van der Waals surface area contributed by atoms with Crippen molar-refractivity contribution in [3.05, 3.63) is 65.8 Å². The van der Waals surface area contributed by atoms with Gasteiger partial charge in [0.05, 0.1) is 30.2 Å². The number of carbonyl (C=O) groups excluding carboxylic acids is 1. The quantitative estimate of drug-likeness (QED) is 0.249. The predicted octanol–water partition coefficient (Wildman–Crippen LogP) is 4.40. The highest BCUT2D eigenvalue weighted by Gasteiger charge is 2.51. The third-order valence-corrected chi connectivity index (χ3v) is 9.39. The van der Waals surface area contributed by atoms with Crippen LogP contribution in [-0.4, -0.2) is 83.9 Å². The molecule has 0 bridgehead atoms. The van der Waals surface area contributed by atoms with Crippen molar-refractivity contribution in [1.29, 1.82) is 0 Å². The highest BCUT2D eigenvalue weighted by molar-refractivity contribution is 5.93. The van der Waals surface area contributed by atoms with Crippen molar-refractivity contribution in [2.75, 3.05) is 26.2 Å². The van der Waals surface area contributed by atoms with Crippen LogP contribution in [0.5, 0.6) is 0 Å². The molecule has 6 rings (SSSR count). The van der Waals surface area contributed by atoms with Gasteiger partial charge in [-0.2, -0.15) is 28.5 Å². The number of aromatic nitrogens is 7. The third-order valence-electron chi connectivity index (χ3n) is 9.39. The van der Waals surface area contributed by atoms with Crippen LogP contribution in [0, 0.1) is 12.8 Å². The number of alkyl halides is 3. The second-order valence-corrected chi connectivity index (χ2v) is 13.0. The van der Waals surface area contributed by atoms with Crippen LogP contribution in [0.3, 0.4) is 0 Å². The number of benzene rings is 1. The Hall–Kier alpha value is -4.04. The Morgan fingerprint density at radius 1 is 1.02 bits per heavy atom. The molecule has 4 aromatic rings. The fraction of sp³-hybridized carbons (Fsp3) is 0.531. The number of rotatable bonds is 9. The van der Waals surface area contributed by atoms with Gasteiger partial charge in [-0.1, -0.05) is 6.07 Å². The Labute approximate surface area is 266 Å². The van der Waals surface area contributed by atoms with E-state index in [-0.39, 0.29) is 18.2 Å². The summed E-state index contributed by atoms with van der Waals surface area (Å²) >= 11 is 0. The molecule has 0 atom stereocenters. The molecule has 0 spiro atoms. The van der Waals surface area contributed by atoms with Crippen molar-refractivity contribution < 1.29 is 18.0 Å². The van der Waals surface area contributed by atoms with E-state index in [9.17, 15) is 18.0 Å². The first-order chi connectivity index (χ1) is 22.0. The summed E-state index contributed by atoms with van der Waals surface area (Å²) in [6.07, 6.45) is 7.51. The van der Waals surface area contributed by atoms with Crippen LogP contribution in [0.4, 0.5) is 13.2 Å². The maximum atomic E-state index is 13.3. The van der Waals surface area contributed by atoms with E-state index in [1.54, 1.807) is 10.9 Å². The number of likely N-dealkylation sites (tertiary alicyclic amines) is 1. The molecule has 14 heteroatoms. The van der Waals surface area contributed by atoms with Gasteiger partial charge in [-0.05, 0) is 102 Å². The molecular formula is C32H41F3N10O. The van der Waals surface area contributed by atoms with Crippen LogP contribution in [-0.2, 0) is 18.5 Å². The first-order valence-corrected chi connectivity index (χ1v) is 15.9. The predicted molar refractivity (Wildman–Crippen MR) is 166 cm³/mol. The van der Waals surface area contributed by atoms with E-state index >= 15 is 0 Å². The van der Waals surface area contributed by atoms with Crippen molar-refractivity contribution in [1.82, 2.24) is 50.3 Å². The minimum atomic E-state index is -4.51. The lowest BCUT2D eigenvalue weighted by Gasteiger charge is -2.39. The average molecular weight is 639 g/mol. The van der Waals surface area contributed by atoms with E-state index in [0.29, 0.717) is 11.5 Å². The standard InChI is InChI=1S/C32H41F3N10O/c1-21-14-23(24-15-38-44(19-24)18-22-8-12-43(13-9-22)26-6-10-36-11-7-26)4-5-27(21)45-20-25(16-39-45)29(46)37-17-28-40-30(42-41-28)31(2,3)32(33,34)35/h4-5,14-16,19-20,22,26,36H,6-13,17-18H2,1-3H3,(H,37,46)(H,40,41,42). The lowest BCUT2D eigenvalue weighted by Crippen LogP contribution is -2.46. The highest BCUT2D eigenvalue weighted by Crippen LogP contribution is 2.38. The van der Waals surface area contributed by atoms with E-state index in [4.69, 9.17) is 0 Å². The molecule has 11 nitrogen and oxygen atoms in total. The molecule has 1 amide bonds. The fourth-order valence-corrected chi connectivity index (χ4v) is 6.26. The number of nitrogens with zero attached hydrogens (tertiary/aromatic N) is 7. The van der Waals surface area contributed by atoms with Gasteiger partial charge in [0.25, 0.3) is 5.91 Å². The van der Waals surface area contributed by atoms with Crippen molar-refractivity contribution in [2.24, 2.45) is 5.92 Å². The van der Waals surface area contributed by atoms with Gasteiger partial charge >= 0.3 is 6.18 Å². The Morgan fingerprint density at radius 3 is 2.50 bits per heavy atom. The molecule has 2 aliphatic heterocycles. The van der Waals surface area contributed by atoms with Gasteiger partial charge in [-0.25, -0.2) is 9.67 Å². The minimum Gasteiger partial charge on any atom is -0.345 e. The SMILES string of the molecule is Cc1cc(-c2cnn(CC3CCN(C4CCNCC4)CC3)c2)ccc1-n1cc(C(=O)NCc2nc(C(C)(C)C(F)(F)F)n[nH]2)cn1. The van der Waals surface area contributed by atoms with Crippen LogP contribution < -0.4 is 10.6 Å². The lowest BCUT2D eigenvalue weighted by molar-refractivity contribution is -0.182. The van der Waals surface area contributed by atoms with Gasteiger partial charge in [-0.15, -0.1) is 0 Å². The summed E-state index contributed by atoms with van der Waals surface area (Å²) in [5.74, 6) is -0.0542. The van der Waals surface area contributed by atoms with Gasteiger partial charge < -0.3 is 15.5 Å².